The number of aliphatic hydroxyl groups excluding tert-OH is 1. The number of fused-ring (bicyclic) bond motifs is 3. The first-order valence-corrected chi connectivity index (χ1v) is 10.9. The highest BCUT2D eigenvalue weighted by Crippen LogP contribution is 2.37. The van der Waals surface area contributed by atoms with E-state index in [0.717, 1.165) is 43.9 Å². The zero-order valence-corrected chi connectivity index (χ0v) is 17.9. The summed E-state index contributed by atoms with van der Waals surface area (Å²) in [6.45, 7) is 2.35. The van der Waals surface area contributed by atoms with Gasteiger partial charge in [-0.15, -0.1) is 21.5 Å². The third-order valence-corrected chi connectivity index (χ3v) is 6.74. The van der Waals surface area contributed by atoms with Crippen molar-refractivity contribution in [1.82, 2.24) is 14.8 Å². The van der Waals surface area contributed by atoms with Crippen molar-refractivity contribution in [3.63, 3.8) is 0 Å². The number of hydrogen-bond acceptors (Lipinski definition) is 5. The molecule has 0 aliphatic carbocycles. The summed E-state index contributed by atoms with van der Waals surface area (Å²) in [6, 6.07) is 19.7. The van der Waals surface area contributed by atoms with Crippen LogP contribution in [-0.4, -0.2) is 25.6 Å². The third kappa shape index (κ3) is 3.37. The first-order valence-electron chi connectivity index (χ1n) is 9.68. The fourth-order valence-corrected chi connectivity index (χ4v) is 5.17. The van der Waals surface area contributed by atoms with Crippen LogP contribution in [0.3, 0.4) is 0 Å². The van der Waals surface area contributed by atoms with Crippen LogP contribution in [0.15, 0.2) is 65.7 Å². The maximum atomic E-state index is 11.0. The molecular weight excluding hydrogens is 416 g/mol. The second kappa shape index (κ2) is 7.80. The number of thiophene rings is 1. The van der Waals surface area contributed by atoms with E-state index < -0.39 is 6.10 Å². The van der Waals surface area contributed by atoms with Gasteiger partial charge in [-0.25, -0.2) is 0 Å². The summed E-state index contributed by atoms with van der Waals surface area (Å²) in [7, 11) is 0. The van der Waals surface area contributed by atoms with Gasteiger partial charge in [0, 0.05) is 27.4 Å². The van der Waals surface area contributed by atoms with Gasteiger partial charge in [0.05, 0.1) is 11.8 Å². The minimum atomic E-state index is -0.614. The SMILES string of the molecule is Cc1nnc2n1-c1sc(C(O)Cc3ccccc3)cc1C(c1ccccc1Cl)=NC2. The Morgan fingerprint density at radius 1 is 1.07 bits per heavy atom. The van der Waals surface area contributed by atoms with E-state index in [0.29, 0.717) is 18.0 Å². The summed E-state index contributed by atoms with van der Waals surface area (Å²) in [5, 5.41) is 21.1. The van der Waals surface area contributed by atoms with Crippen LogP contribution in [0.1, 0.15) is 39.3 Å². The van der Waals surface area contributed by atoms with E-state index >= 15 is 0 Å². The van der Waals surface area contributed by atoms with Gasteiger partial charge in [-0.05, 0) is 24.6 Å². The molecule has 0 bridgehead atoms. The van der Waals surface area contributed by atoms with Gasteiger partial charge in [-0.2, -0.15) is 0 Å². The zero-order chi connectivity index (χ0) is 20.7. The molecule has 0 amide bonds. The number of aliphatic imine (C=N–C) groups is 1. The second-order valence-corrected chi connectivity index (χ2v) is 8.69. The highest BCUT2D eigenvalue weighted by atomic mass is 35.5. The lowest BCUT2D eigenvalue weighted by molar-refractivity contribution is 0.182. The Morgan fingerprint density at radius 2 is 1.83 bits per heavy atom. The van der Waals surface area contributed by atoms with Gasteiger partial charge in [0.25, 0.3) is 0 Å². The second-order valence-electron chi connectivity index (χ2n) is 7.22. The number of rotatable bonds is 4. The molecule has 1 aliphatic rings. The van der Waals surface area contributed by atoms with Crippen LogP contribution in [0.25, 0.3) is 5.00 Å². The Labute approximate surface area is 183 Å². The Kier molecular flexibility index (Phi) is 4.98. The lowest BCUT2D eigenvalue weighted by Gasteiger charge is -2.09. The number of hydrogen-bond donors (Lipinski definition) is 1. The monoisotopic (exact) mass is 434 g/mol. The summed E-state index contributed by atoms with van der Waals surface area (Å²) in [5.74, 6) is 1.58. The van der Waals surface area contributed by atoms with E-state index in [2.05, 4.69) is 10.2 Å². The summed E-state index contributed by atoms with van der Waals surface area (Å²) in [5.41, 5.74) is 3.72. The molecule has 5 rings (SSSR count). The predicted octanol–water partition coefficient (Wildman–Crippen LogP) is 4.92. The molecule has 3 heterocycles. The molecule has 2 aromatic heterocycles. The smallest absolute Gasteiger partial charge is 0.160 e. The Balaban J connectivity index is 1.63. The highest BCUT2D eigenvalue weighted by molar-refractivity contribution is 7.15. The molecule has 2 aromatic carbocycles. The van der Waals surface area contributed by atoms with E-state index in [1.807, 2.05) is 72.2 Å². The van der Waals surface area contributed by atoms with E-state index in [9.17, 15) is 5.11 Å². The van der Waals surface area contributed by atoms with Crippen LogP contribution in [0.4, 0.5) is 0 Å². The first kappa shape index (κ1) is 19.2. The largest absolute Gasteiger partial charge is 0.387 e. The maximum absolute atomic E-state index is 11.0. The number of halogens is 1. The molecule has 5 nitrogen and oxygen atoms in total. The minimum Gasteiger partial charge on any atom is -0.387 e. The molecule has 0 fully saturated rings. The molecule has 1 aliphatic heterocycles. The van der Waals surface area contributed by atoms with E-state index in [1.165, 1.54) is 0 Å². The third-order valence-electron chi connectivity index (χ3n) is 5.19. The van der Waals surface area contributed by atoms with E-state index in [1.54, 1.807) is 11.3 Å². The van der Waals surface area contributed by atoms with Crippen LogP contribution < -0.4 is 0 Å². The fraction of sp³-hybridized carbons (Fsp3) is 0.174. The maximum Gasteiger partial charge on any atom is 0.160 e. The molecule has 1 unspecified atom stereocenters. The van der Waals surface area contributed by atoms with Crippen LogP contribution in [0.2, 0.25) is 5.02 Å². The average molecular weight is 435 g/mol. The normalized spacial score (nSPS) is 13.9. The zero-order valence-electron chi connectivity index (χ0n) is 16.3. The number of benzene rings is 2. The molecule has 4 aromatic rings. The Bertz CT molecular complexity index is 1250. The lowest BCUT2D eigenvalue weighted by atomic mass is 10.0. The van der Waals surface area contributed by atoms with E-state index in [-0.39, 0.29) is 0 Å². The molecular formula is C23H19ClN4OS. The topological polar surface area (TPSA) is 63.3 Å². The highest BCUT2D eigenvalue weighted by Gasteiger charge is 2.27. The van der Waals surface area contributed by atoms with Crippen LogP contribution in [0, 0.1) is 6.92 Å². The molecule has 0 saturated carbocycles. The molecule has 7 heteroatoms. The Morgan fingerprint density at radius 3 is 2.63 bits per heavy atom. The van der Waals surface area contributed by atoms with Crippen molar-refractivity contribution < 1.29 is 5.11 Å². The molecule has 0 saturated heterocycles. The van der Waals surface area contributed by atoms with Gasteiger partial charge in [0.2, 0.25) is 0 Å². The van der Waals surface area contributed by atoms with Crippen molar-refractivity contribution in [2.24, 2.45) is 4.99 Å². The number of aliphatic hydroxyl groups is 1. The van der Waals surface area contributed by atoms with Gasteiger partial charge in [-0.1, -0.05) is 60.1 Å². The number of aromatic nitrogens is 3. The fourth-order valence-electron chi connectivity index (χ4n) is 3.73. The summed E-state index contributed by atoms with van der Waals surface area (Å²) in [4.78, 5) is 5.72. The van der Waals surface area contributed by atoms with Crippen molar-refractivity contribution in [2.75, 3.05) is 0 Å². The molecule has 150 valence electrons. The van der Waals surface area contributed by atoms with Gasteiger partial charge in [0.1, 0.15) is 17.4 Å². The molecule has 1 atom stereocenters. The molecule has 30 heavy (non-hydrogen) atoms. The molecule has 1 N–H and O–H groups in total. The van der Waals surface area contributed by atoms with Crippen molar-refractivity contribution in [3.05, 3.63) is 98.9 Å². The van der Waals surface area contributed by atoms with Crippen molar-refractivity contribution in [2.45, 2.75) is 26.0 Å². The van der Waals surface area contributed by atoms with Crippen LogP contribution in [0.5, 0.6) is 0 Å². The minimum absolute atomic E-state index is 0.421. The molecule has 0 spiro atoms. The number of aryl methyl sites for hydroxylation is 1. The molecule has 0 radical (unpaired) electrons. The first-order chi connectivity index (χ1) is 14.6. The predicted molar refractivity (Wildman–Crippen MR) is 120 cm³/mol. The average Bonchev–Trinajstić information content (AvgIpc) is 3.30. The van der Waals surface area contributed by atoms with Crippen molar-refractivity contribution >= 4 is 28.6 Å². The van der Waals surface area contributed by atoms with Crippen molar-refractivity contribution in [3.8, 4) is 5.00 Å². The number of nitrogens with zero attached hydrogens (tertiary/aromatic N) is 4. The van der Waals surface area contributed by atoms with Crippen LogP contribution >= 0.6 is 22.9 Å². The standard InChI is InChI=1S/C23H19ClN4OS/c1-14-26-27-21-13-25-22(16-9-5-6-10-18(16)24)17-12-20(30-23(17)28(14)21)19(29)11-15-7-3-2-4-8-15/h2-10,12,19,29H,11,13H2,1H3. The lowest BCUT2D eigenvalue weighted by Crippen LogP contribution is -2.06. The van der Waals surface area contributed by atoms with Crippen molar-refractivity contribution in [1.29, 1.82) is 0 Å². The van der Waals surface area contributed by atoms with Gasteiger partial charge < -0.3 is 5.11 Å². The van der Waals surface area contributed by atoms with E-state index in [4.69, 9.17) is 16.6 Å². The van der Waals surface area contributed by atoms with Crippen LogP contribution in [-0.2, 0) is 13.0 Å². The van der Waals surface area contributed by atoms with Gasteiger partial charge in [-0.3, -0.25) is 9.56 Å². The van der Waals surface area contributed by atoms with Gasteiger partial charge >= 0.3 is 0 Å². The van der Waals surface area contributed by atoms with Gasteiger partial charge in [0.15, 0.2) is 5.82 Å². The quantitative estimate of drug-likeness (QED) is 0.496. The summed E-state index contributed by atoms with van der Waals surface area (Å²) in [6.07, 6.45) is -0.0654. The summed E-state index contributed by atoms with van der Waals surface area (Å²) < 4.78 is 2.03. The Hall–Kier alpha value is -2.80. The summed E-state index contributed by atoms with van der Waals surface area (Å²) >= 11 is 8.06.